The molecule has 0 radical (unpaired) electrons. The minimum atomic E-state index is 0.0516. The van der Waals surface area contributed by atoms with E-state index in [0.29, 0.717) is 19.5 Å². The van der Waals surface area contributed by atoms with Crippen molar-refractivity contribution < 1.29 is 4.79 Å². The van der Waals surface area contributed by atoms with E-state index >= 15 is 0 Å². The summed E-state index contributed by atoms with van der Waals surface area (Å²) in [6.07, 6.45) is 4.29. The zero-order valence-electron chi connectivity index (χ0n) is 17.0. The number of rotatable bonds is 6. The molecule has 1 amide bonds. The Hall–Kier alpha value is -3.61. The summed E-state index contributed by atoms with van der Waals surface area (Å²) in [5, 5.41) is 14.0. The molecular weight excluding hydrogens is 376 g/mol. The second-order valence-electron chi connectivity index (χ2n) is 7.24. The van der Waals surface area contributed by atoms with Gasteiger partial charge < -0.3 is 16.0 Å². The molecule has 3 N–H and O–H groups in total. The number of benzene rings is 2. The van der Waals surface area contributed by atoms with Crippen LogP contribution in [0.15, 0.2) is 72.0 Å². The van der Waals surface area contributed by atoms with Gasteiger partial charge in [-0.25, -0.2) is 9.67 Å². The van der Waals surface area contributed by atoms with Crippen LogP contribution in [0.25, 0.3) is 5.69 Å². The molecule has 2 aromatic carbocycles. The van der Waals surface area contributed by atoms with E-state index in [-0.39, 0.29) is 11.8 Å². The lowest BCUT2D eigenvalue weighted by Gasteiger charge is -2.26. The monoisotopic (exact) mass is 402 g/mol. The van der Waals surface area contributed by atoms with E-state index in [2.05, 4.69) is 27.1 Å². The van der Waals surface area contributed by atoms with Gasteiger partial charge in [0.2, 0.25) is 5.91 Å². The van der Waals surface area contributed by atoms with Crippen molar-refractivity contribution in [3.63, 3.8) is 0 Å². The highest BCUT2D eigenvalue weighted by molar-refractivity contribution is 5.94. The quantitative estimate of drug-likeness (QED) is 0.437. The number of para-hydroxylation sites is 2. The highest BCUT2D eigenvalue weighted by Gasteiger charge is 2.24. The fourth-order valence-corrected chi connectivity index (χ4v) is 3.58. The van der Waals surface area contributed by atoms with E-state index in [1.807, 2.05) is 72.5 Å². The molecule has 7 heteroatoms. The van der Waals surface area contributed by atoms with E-state index in [0.717, 1.165) is 35.0 Å². The first-order valence-electron chi connectivity index (χ1n) is 10.2. The van der Waals surface area contributed by atoms with Crippen molar-refractivity contribution >= 4 is 17.6 Å². The van der Waals surface area contributed by atoms with Crippen LogP contribution >= 0.6 is 0 Å². The number of aliphatic imine (C=N–C) groups is 1. The highest BCUT2D eigenvalue weighted by atomic mass is 16.1. The van der Waals surface area contributed by atoms with Crippen LogP contribution in [-0.4, -0.2) is 34.7 Å². The fourth-order valence-electron chi connectivity index (χ4n) is 3.58. The molecule has 0 fully saturated rings. The SMILES string of the molecule is CCNC(=NCc1cnn(-c2ccccc2)c1)NCC1CC(=O)Nc2ccccc21. The maximum atomic E-state index is 12.0. The number of aromatic nitrogens is 2. The lowest BCUT2D eigenvalue weighted by molar-refractivity contribution is -0.116. The number of hydrogen-bond donors (Lipinski definition) is 3. The Balaban J connectivity index is 1.41. The summed E-state index contributed by atoms with van der Waals surface area (Å²) >= 11 is 0. The Kier molecular flexibility index (Phi) is 6.08. The molecule has 1 atom stereocenters. The molecule has 2 heterocycles. The van der Waals surface area contributed by atoms with Crippen molar-refractivity contribution in [2.75, 3.05) is 18.4 Å². The van der Waals surface area contributed by atoms with E-state index in [9.17, 15) is 4.79 Å². The molecule has 30 heavy (non-hydrogen) atoms. The average Bonchev–Trinajstić information content (AvgIpc) is 3.25. The van der Waals surface area contributed by atoms with Gasteiger partial charge in [0.05, 0.1) is 18.4 Å². The predicted octanol–water partition coefficient (Wildman–Crippen LogP) is 3.05. The predicted molar refractivity (Wildman–Crippen MR) is 119 cm³/mol. The van der Waals surface area contributed by atoms with Crippen LogP contribution in [0.1, 0.15) is 30.4 Å². The van der Waals surface area contributed by atoms with Crippen LogP contribution in [0, 0.1) is 0 Å². The van der Waals surface area contributed by atoms with Gasteiger partial charge in [0, 0.05) is 42.9 Å². The summed E-state index contributed by atoms with van der Waals surface area (Å²) in [5.74, 6) is 0.892. The van der Waals surface area contributed by atoms with Gasteiger partial charge in [0.1, 0.15) is 0 Å². The number of guanidine groups is 1. The molecule has 1 aliphatic rings. The maximum Gasteiger partial charge on any atom is 0.225 e. The lowest BCUT2D eigenvalue weighted by Crippen LogP contribution is -2.40. The van der Waals surface area contributed by atoms with Gasteiger partial charge in [0.15, 0.2) is 5.96 Å². The zero-order valence-corrected chi connectivity index (χ0v) is 17.0. The molecule has 1 aliphatic heterocycles. The third-order valence-corrected chi connectivity index (χ3v) is 5.04. The van der Waals surface area contributed by atoms with Crippen LogP contribution in [0.3, 0.4) is 0 Å². The second kappa shape index (κ2) is 9.26. The topological polar surface area (TPSA) is 83.3 Å². The Bertz CT molecular complexity index is 1030. The third-order valence-electron chi connectivity index (χ3n) is 5.04. The Labute approximate surface area is 176 Å². The van der Waals surface area contributed by atoms with Crippen LogP contribution < -0.4 is 16.0 Å². The van der Waals surface area contributed by atoms with Crippen molar-refractivity contribution in [2.45, 2.75) is 25.8 Å². The molecule has 7 nitrogen and oxygen atoms in total. The smallest absolute Gasteiger partial charge is 0.225 e. The van der Waals surface area contributed by atoms with Crippen molar-refractivity contribution in [3.8, 4) is 5.69 Å². The molecule has 0 saturated carbocycles. The van der Waals surface area contributed by atoms with Gasteiger partial charge in [-0.05, 0) is 30.7 Å². The molecule has 3 aromatic rings. The van der Waals surface area contributed by atoms with Crippen molar-refractivity contribution in [1.29, 1.82) is 0 Å². The molecule has 0 saturated heterocycles. The van der Waals surface area contributed by atoms with Gasteiger partial charge in [-0.2, -0.15) is 5.10 Å². The van der Waals surface area contributed by atoms with Crippen molar-refractivity contribution in [1.82, 2.24) is 20.4 Å². The van der Waals surface area contributed by atoms with E-state index in [4.69, 9.17) is 4.99 Å². The first-order valence-corrected chi connectivity index (χ1v) is 10.2. The number of fused-ring (bicyclic) bond motifs is 1. The van der Waals surface area contributed by atoms with E-state index in [1.165, 1.54) is 0 Å². The molecule has 0 spiro atoms. The van der Waals surface area contributed by atoms with E-state index in [1.54, 1.807) is 0 Å². The molecule has 0 aliphatic carbocycles. The Morgan fingerprint density at radius 1 is 1.17 bits per heavy atom. The summed E-state index contributed by atoms with van der Waals surface area (Å²) in [4.78, 5) is 16.7. The van der Waals surface area contributed by atoms with E-state index < -0.39 is 0 Å². The second-order valence-corrected chi connectivity index (χ2v) is 7.24. The number of nitrogens with one attached hydrogen (secondary N) is 3. The number of hydrogen-bond acceptors (Lipinski definition) is 3. The van der Waals surface area contributed by atoms with Crippen LogP contribution in [0.2, 0.25) is 0 Å². The summed E-state index contributed by atoms with van der Waals surface area (Å²) < 4.78 is 1.85. The average molecular weight is 403 g/mol. The minimum Gasteiger partial charge on any atom is -0.357 e. The van der Waals surface area contributed by atoms with Gasteiger partial charge in [-0.3, -0.25) is 4.79 Å². The fraction of sp³-hybridized carbons (Fsp3) is 0.261. The summed E-state index contributed by atoms with van der Waals surface area (Å²) in [5.41, 5.74) is 4.10. The number of amides is 1. The Morgan fingerprint density at radius 2 is 1.97 bits per heavy atom. The Morgan fingerprint density at radius 3 is 2.80 bits per heavy atom. The van der Waals surface area contributed by atoms with Crippen LogP contribution in [-0.2, 0) is 11.3 Å². The number of carbonyl (C=O) groups excluding carboxylic acids is 1. The highest BCUT2D eigenvalue weighted by Crippen LogP contribution is 2.31. The summed E-state index contributed by atoms with van der Waals surface area (Å²) in [7, 11) is 0. The van der Waals surface area contributed by atoms with Gasteiger partial charge in [-0.15, -0.1) is 0 Å². The zero-order chi connectivity index (χ0) is 20.8. The van der Waals surface area contributed by atoms with Gasteiger partial charge in [-0.1, -0.05) is 36.4 Å². The molecule has 0 bridgehead atoms. The van der Waals surface area contributed by atoms with Gasteiger partial charge >= 0.3 is 0 Å². The first kappa shape index (κ1) is 19.7. The number of carbonyl (C=O) groups is 1. The maximum absolute atomic E-state index is 12.0. The third kappa shape index (κ3) is 4.68. The van der Waals surface area contributed by atoms with Crippen LogP contribution in [0.5, 0.6) is 0 Å². The summed E-state index contributed by atoms with van der Waals surface area (Å²) in [6.45, 7) is 3.95. The number of anilines is 1. The molecule has 1 unspecified atom stereocenters. The first-order chi connectivity index (χ1) is 14.7. The molecule has 154 valence electrons. The molecule has 4 rings (SSSR count). The molecule has 1 aromatic heterocycles. The largest absolute Gasteiger partial charge is 0.357 e. The van der Waals surface area contributed by atoms with Crippen molar-refractivity contribution in [2.24, 2.45) is 4.99 Å². The minimum absolute atomic E-state index is 0.0516. The van der Waals surface area contributed by atoms with Gasteiger partial charge in [0.25, 0.3) is 0 Å². The normalized spacial score (nSPS) is 16.0. The van der Waals surface area contributed by atoms with Crippen LogP contribution in [0.4, 0.5) is 5.69 Å². The summed E-state index contributed by atoms with van der Waals surface area (Å²) in [6, 6.07) is 18.0. The lowest BCUT2D eigenvalue weighted by atomic mass is 9.90. The standard InChI is InChI=1S/C23H26N6O/c1-2-24-23(25-13-17-14-27-29(16-17)19-8-4-3-5-9-19)26-15-18-12-22(30)28-21-11-7-6-10-20(18)21/h3-11,14,16,18H,2,12-13,15H2,1H3,(H,28,30)(H2,24,25,26). The van der Waals surface area contributed by atoms with Crippen molar-refractivity contribution in [3.05, 3.63) is 78.1 Å². The molecular formula is C23H26N6O. The number of nitrogens with zero attached hydrogens (tertiary/aromatic N) is 3.